The first-order chi connectivity index (χ1) is 19.2. The van der Waals surface area contributed by atoms with Crippen molar-refractivity contribution in [2.45, 2.75) is 76.6 Å². The first kappa shape index (κ1) is 26.0. The van der Waals surface area contributed by atoms with Crippen molar-refractivity contribution < 1.29 is 24.2 Å². The standard InChI is InChI=1S/C30H38FN5O4/c1-17-18(2)23(4-3-22(17)31)33-9-10-35(30(16-33)6-7-30)26(39)14-36-24-13-20-12-21(20)27(24)28(32-36)29(40)34-8-5-19(15-37)11-25(34)38/h3-4,19-21,25,37-38H,5-16H2,1-2H3/t19?,20-,21-,25?/m1/s1. The monoisotopic (exact) mass is 551 g/mol. The third-order valence-corrected chi connectivity index (χ3v) is 10.3. The first-order valence-corrected chi connectivity index (χ1v) is 14.7. The maximum Gasteiger partial charge on any atom is 0.276 e. The van der Waals surface area contributed by atoms with Gasteiger partial charge in [-0.1, -0.05) is 0 Å². The molecule has 1 aromatic heterocycles. The number of halogens is 1. The molecule has 1 spiro atoms. The fourth-order valence-electron chi connectivity index (χ4n) is 7.51. The van der Waals surface area contributed by atoms with Gasteiger partial charge in [0.05, 0.1) is 5.54 Å². The number of aromatic nitrogens is 2. The van der Waals surface area contributed by atoms with Crippen LogP contribution in [0.3, 0.4) is 0 Å². The van der Waals surface area contributed by atoms with Gasteiger partial charge in [-0.2, -0.15) is 5.10 Å². The van der Waals surface area contributed by atoms with E-state index < -0.39 is 6.23 Å². The van der Waals surface area contributed by atoms with Crippen LogP contribution < -0.4 is 4.90 Å². The molecule has 2 amide bonds. The number of aliphatic hydroxyl groups excluding tert-OH is 2. The topological polar surface area (TPSA) is 102 Å². The van der Waals surface area contributed by atoms with Gasteiger partial charge in [0.25, 0.3) is 5.91 Å². The van der Waals surface area contributed by atoms with Crippen molar-refractivity contribution in [1.82, 2.24) is 19.6 Å². The van der Waals surface area contributed by atoms with Gasteiger partial charge in [-0.3, -0.25) is 14.3 Å². The molecule has 2 aromatic rings. The lowest BCUT2D eigenvalue weighted by molar-refractivity contribution is -0.135. The second-order valence-electron chi connectivity index (χ2n) is 12.7. The van der Waals surface area contributed by atoms with E-state index in [1.807, 2.05) is 24.8 Å². The minimum absolute atomic E-state index is 0.000959. The molecule has 2 aliphatic heterocycles. The number of nitrogens with zero attached hydrogens (tertiary/aromatic N) is 5. The quantitative estimate of drug-likeness (QED) is 0.592. The molecule has 2 unspecified atom stereocenters. The Morgan fingerprint density at radius 1 is 1.12 bits per heavy atom. The third kappa shape index (κ3) is 4.05. The minimum Gasteiger partial charge on any atom is -0.396 e. The Kier molecular flexibility index (Phi) is 6.02. The number of rotatable bonds is 5. The van der Waals surface area contributed by atoms with Crippen molar-refractivity contribution in [2.24, 2.45) is 11.8 Å². The van der Waals surface area contributed by atoms with Crippen LogP contribution in [0.5, 0.6) is 0 Å². The smallest absolute Gasteiger partial charge is 0.276 e. The minimum atomic E-state index is -0.934. The fourth-order valence-corrected chi connectivity index (χ4v) is 7.51. The van der Waals surface area contributed by atoms with E-state index in [4.69, 9.17) is 5.10 Å². The lowest BCUT2D eigenvalue weighted by Crippen LogP contribution is -2.58. The van der Waals surface area contributed by atoms with Gasteiger partial charge in [-0.15, -0.1) is 0 Å². The van der Waals surface area contributed by atoms with Gasteiger partial charge >= 0.3 is 0 Å². The Bertz CT molecular complexity index is 1390. The van der Waals surface area contributed by atoms with Gasteiger partial charge in [0.15, 0.2) is 5.69 Å². The average molecular weight is 552 g/mol. The number of carbonyl (C=O) groups excluding carboxylic acids is 2. The molecule has 0 radical (unpaired) electrons. The van der Waals surface area contributed by atoms with E-state index in [1.165, 1.54) is 11.0 Å². The summed E-state index contributed by atoms with van der Waals surface area (Å²) in [4.78, 5) is 33.1. The maximum absolute atomic E-state index is 14.1. The first-order valence-electron chi connectivity index (χ1n) is 14.7. The summed E-state index contributed by atoms with van der Waals surface area (Å²) in [7, 11) is 0. The number of hydrogen-bond donors (Lipinski definition) is 2. The highest BCUT2D eigenvalue weighted by Crippen LogP contribution is 2.57. The lowest BCUT2D eigenvalue weighted by Gasteiger charge is -2.44. The van der Waals surface area contributed by atoms with E-state index in [0.717, 1.165) is 54.7 Å². The number of piperazine rings is 1. The number of anilines is 1. The molecular weight excluding hydrogens is 513 g/mol. The van der Waals surface area contributed by atoms with Crippen molar-refractivity contribution >= 4 is 17.5 Å². The van der Waals surface area contributed by atoms with Crippen LogP contribution in [0.15, 0.2) is 12.1 Å². The Labute approximate surface area is 233 Å². The number of hydrogen-bond acceptors (Lipinski definition) is 6. The Hall–Kier alpha value is -2.98. The van der Waals surface area contributed by atoms with Gasteiger partial charge in [0, 0.05) is 49.7 Å². The molecule has 3 heterocycles. The summed E-state index contributed by atoms with van der Waals surface area (Å²) in [5.74, 6) is 0.410. The zero-order valence-corrected chi connectivity index (χ0v) is 23.3. The molecule has 1 aromatic carbocycles. The molecule has 10 heteroatoms. The molecule has 214 valence electrons. The van der Waals surface area contributed by atoms with Crippen molar-refractivity contribution in [1.29, 1.82) is 0 Å². The number of benzene rings is 1. The van der Waals surface area contributed by atoms with Crippen molar-refractivity contribution in [3.63, 3.8) is 0 Å². The summed E-state index contributed by atoms with van der Waals surface area (Å²) in [5.41, 5.74) is 4.82. The zero-order chi connectivity index (χ0) is 27.9. The summed E-state index contributed by atoms with van der Waals surface area (Å²) in [6.45, 7) is 6.30. The molecule has 9 nitrogen and oxygen atoms in total. The van der Waals surface area contributed by atoms with E-state index in [0.29, 0.717) is 55.6 Å². The predicted octanol–water partition coefficient (Wildman–Crippen LogP) is 2.34. The Balaban J connectivity index is 1.09. The average Bonchev–Trinajstić information content (AvgIpc) is 3.82. The molecular formula is C30H38FN5O4. The second-order valence-corrected chi connectivity index (χ2v) is 12.7. The van der Waals surface area contributed by atoms with Crippen LogP contribution in [-0.2, 0) is 17.8 Å². The van der Waals surface area contributed by atoms with Crippen LogP contribution >= 0.6 is 0 Å². The van der Waals surface area contributed by atoms with Gasteiger partial charge in [0.2, 0.25) is 5.91 Å². The maximum atomic E-state index is 14.1. The number of piperidine rings is 1. The molecule has 2 saturated carbocycles. The van der Waals surface area contributed by atoms with Crippen molar-refractivity contribution in [3.05, 3.63) is 46.0 Å². The third-order valence-electron chi connectivity index (χ3n) is 10.3. The van der Waals surface area contributed by atoms with Crippen LogP contribution in [0.4, 0.5) is 10.1 Å². The molecule has 2 saturated heterocycles. The normalized spacial score (nSPS) is 28.1. The highest BCUT2D eigenvalue weighted by atomic mass is 19.1. The van der Waals surface area contributed by atoms with Crippen LogP contribution in [0.2, 0.25) is 0 Å². The summed E-state index contributed by atoms with van der Waals surface area (Å²) in [6.07, 6.45) is 3.86. The summed E-state index contributed by atoms with van der Waals surface area (Å²) >= 11 is 0. The van der Waals surface area contributed by atoms with E-state index >= 15 is 0 Å². The number of likely N-dealkylation sites (tertiary alicyclic amines) is 1. The van der Waals surface area contributed by atoms with E-state index in [-0.39, 0.29) is 42.2 Å². The summed E-state index contributed by atoms with van der Waals surface area (Å²) < 4.78 is 15.8. The van der Waals surface area contributed by atoms with Crippen molar-refractivity contribution in [2.75, 3.05) is 37.7 Å². The molecule has 2 N–H and O–H groups in total. The Morgan fingerprint density at radius 3 is 2.65 bits per heavy atom. The van der Waals surface area contributed by atoms with E-state index in [2.05, 4.69) is 4.90 Å². The van der Waals surface area contributed by atoms with E-state index in [9.17, 15) is 24.2 Å². The zero-order valence-electron chi connectivity index (χ0n) is 23.3. The van der Waals surface area contributed by atoms with Crippen LogP contribution in [0.1, 0.15) is 70.9 Å². The fraction of sp³-hybridized carbons (Fsp3) is 0.633. The van der Waals surface area contributed by atoms with Gasteiger partial charge in [-0.05, 0) is 93.4 Å². The highest BCUT2D eigenvalue weighted by molar-refractivity contribution is 5.95. The predicted molar refractivity (Wildman–Crippen MR) is 145 cm³/mol. The SMILES string of the molecule is Cc1c(F)ccc(N2CCN(C(=O)Cn3nc(C(=O)N4CCC(CO)CC4O)c4c3C[C@H]3C[C@@H]43)C3(CC3)C2)c1C. The number of fused-ring (bicyclic) bond motifs is 3. The van der Waals surface area contributed by atoms with E-state index in [1.54, 1.807) is 4.68 Å². The van der Waals surface area contributed by atoms with Gasteiger partial charge < -0.3 is 24.9 Å². The molecule has 4 atom stereocenters. The number of amides is 2. The second kappa shape index (κ2) is 9.27. The van der Waals surface area contributed by atoms with Gasteiger partial charge in [0.1, 0.15) is 18.6 Å². The summed E-state index contributed by atoms with van der Waals surface area (Å²) in [5, 5.41) is 24.8. The molecule has 5 aliphatic rings. The highest BCUT2D eigenvalue weighted by Gasteiger charge is 2.54. The Morgan fingerprint density at radius 2 is 1.93 bits per heavy atom. The number of carbonyl (C=O) groups is 2. The largest absolute Gasteiger partial charge is 0.396 e. The number of aliphatic hydroxyl groups is 2. The molecule has 7 rings (SSSR count). The molecule has 3 aliphatic carbocycles. The van der Waals surface area contributed by atoms with Crippen LogP contribution in [0.25, 0.3) is 0 Å². The molecule has 4 fully saturated rings. The summed E-state index contributed by atoms with van der Waals surface area (Å²) in [6, 6.07) is 3.38. The lowest BCUT2D eigenvalue weighted by atomic mass is 9.96. The molecule has 0 bridgehead atoms. The molecule has 40 heavy (non-hydrogen) atoms. The van der Waals surface area contributed by atoms with Gasteiger partial charge in [-0.25, -0.2) is 4.39 Å². The van der Waals surface area contributed by atoms with Crippen molar-refractivity contribution in [3.8, 4) is 0 Å². The van der Waals surface area contributed by atoms with Crippen LogP contribution in [0, 0.1) is 31.5 Å². The van der Waals surface area contributed by atoms with Crippen LogP contribution in [-0.4, -0.2) is 86.2 Å².